The summed E-state index contributed by atoms with van der Waals surface area (Å²) in [5.74, 6) is -1.50. The first-order valence-corrected chi connectivity index (χ1v) is 30.1. The Kier molecular flexibility index (Phi) is 16.8. The molecule has 0 saturated carbocycles. The van der Waals surface area contributed by atoms with Gasteiger partial charge in [0.05, 0.1) is 30.4 Å². The summed E-state index contributed by atoms with van der Waals surface area (Å²) in [6.45, 7) is 23.7. The number of benzene rings is 3. The highest BCUT2D eigenvalue weighted by Crippen LogP contribution is 2.32. The van der Waals surface area contributed by atoms with Crippen molar-refractivity contribution in [3.05, 3.63) is 89.5 Å². The molecule has 2 fully saturated rings. The van der Waals surface area contributed by atoms with Crippen LogP contribution >= 0.6 is 0 Å². The van der Waals surface area contributed by atoms with Crippen molar-refractivity contribution in [2.45, 2.75) is 129 Å². The molecule has 0 unspecified atom stereocenters. The number of amides is 6. The van der Waals surface area contributed by atoms with Crippen LogP contribution in [0.2, 0.25) is 38.3 Å². The van der Waals surface area contributed by atoms with Gasteiger partial charge in [-0.05, 0) is 82.4 Å². The molecule has 2 aliphatic heterocycles. The van der Waals surface area contributed by atoms with Crippen LogP contribution in [0.4, 0.5) is 26.7 Å². The standard InChI is InChI=1S/C50H73N7O8Si2/c1-32(2)42(53-48(62)64-8)46(60)56-30-66(10,11)28-40(56)44(58)51-37-20-14-34(15-21-37)26-55(39-24-18-36(19-25-39)50(5,6)7)27-35-16-22-38(23-17-35)52-45(59)41-29-67(12,13)31-57(41)47(61)43(33(3)4)54-49(63)65-9/h14-25,32-33,40-43H,26-31H2,1-13H3,(H,51,58)(H,52,59)(H,53,62)(H,54,63)/t40-,41-,42-,43-/m0/s1. The van der Waals surface area contributed by atoms with Crippen molar-refractivity contribution in [2.75, 3.05) is 42.1 Å². The Bertz CT molecular complexity index is 2120. The number of rotatable bonds is 15. The van der Waals surface area contributed by atoms with Crippen molar-refractivity contribution in [1.82, 2.24) is 20.4 Å². The van der Waals surface area contributed by atoms with Gasteiger partial charge in [-0.25, -0.2) is 9.59 Å². The lowest BCUT2D eigenvalue weighted by atomic mass is 9.87. The first-order valence-electron chi connectivity index (χ1n) is 23.3. The summed E-state index contributed by atoms with van der Waals surface area (Å²) >= 11 is 0. The molecule has 4 N–H and O–H groups in total. The van der Waals surface area contributed by atoms with E-state index < -0.39 is 52.5 Å². The third kappa shape index (κ3) is 13.7. The smallest absolute Gasteiger partial charge is 0.407 e. The summed E-state index contributed by atoms with van der Waals surface area (Å²) < 4.78 is 9.56. The topological polar surface area (TPSA) is 179 Å². The number of hydrogen-bond donors (Lipinski definition) is 4. The van der Waals surface area contributed by atoms with Crippen LogP contribution in [0.5, 0.6) is 0 Å². The molecule has 2 saturated heterocycles. The normalized spacial score (nSPS) is 18.5. The highest BCUT2D eigenvalue weighted by molar-refractivity contribution is 6.79. The number of ether oxygens (including phenoxy) is 2. The van der Waals surface area contributed by atoms with Gasteiger partial charge in [0.25, 0.3) is 0 Å². The van der Waals surface area contributed by atoms with Crippen molar-refractivity contribution in [3.8, 4) is 0 Å². The maximum atomic E-state index is 13.9. The van der Waals surface area contributed by atoms with Crippen LogP contribution in [0, 0.1) is 11.8 Å². The van der Waals surface area contributed by atoms with Gasteiger partial charge in [-0.1, -0.05) is 111 Å². The lowest BCUT2D eigenvalue weighted by Crippen LogP contribution is -2.54. The van der Waals surface area contributed by atoms with Crippen LogP contribution in [0.25, 0.3) is 0 Å². The molecule has 0 spiro atoms. The Morgan fingerprint density at radius 3 is 1.28 bits per heavy atom. The number of alkyl carbamates (subject to hydrolysis) is 2. The molecule has 4 atom stereocenters. The number of methoxy groups -OCH3 is 2. The number of hydrogen-bond acceptors (Lipinski definition) is 9. The van der Waals surface area contributed by atoms with E-state index in [9.17, 15) is 28.8 Å². The zero-order valence-corrected chi connectivity index (χ0v) is 43.7. The molecule has 2 aliphatic rings. The Morgan fingerprint density at radius 1 is 0.612 bits per heavy atom. The second-order valence-electron chi connectivity index (χ2n) is 21.4. The van der Waals surface area contributed by atoms with Gasteiger partial charge in [0, 0.05) is 42.5 Å². The van der Waals surface area contributed by atoms with Crippen LogP contribution in [-0.4, -0.2) is 112 Å². The van der Waals surface area contributed by atoms with Gasteiger partial charge < -0.3 is 45.4 Å². The lowest BCUT2D eigenvalue weighted by molar-refractivity contribution is -0.139. The molecule has 2 heterocycles. The predicted molar refractivity (Wildman–Crippen MR) is 269 cm³/mol. The molecule has 364 valence electrons. The average molecular weight is 956 g/mol. The first kappa shape index (κ1) is 52.3. The van der Waals surface area contributed by atoms with Gasteiger partial charge in [-0.15, -0.1) is 0 Å². The van der Waals surface area contributed by atoms with E-state index in [4.69, 9.17) is 9.47 Å². The number of nitrogens with zero attached hydrogens (tertiary/aromatic N) is 3. The van der Waals surface area contributed by atoms with E-state index in [0.717, 1.165) is 16.8 Å². The molecule has 0 aliphatic carbocycles. The van der Waals surface area contributed by atoms with Crippen molar-refractivity contribution in [1.29, 1.82) is 0 Å². The van der Waals surface area contributed by atoms with Gasteiger partial charge in [0.1, 0.15) is 24.2 Å². The average Bonchev–Trinajstić information content (AvgIpc) is 3.79. The minimum Gasteiger partial charge on any atom is -0.453 e. The fourth-order valence-electron chi connectivity index (χ4n) is 8.92. The number of nitrogens with one attached hydrogen (secondary N) is 4. The molecule has 15 nitrogen and oxygen atoms in total. The molecule has 67 heavy (non-hydrogen) atoms. The maximum Gasteiger partial charge on any atom is 0.407 e. The Labute approximate surface area is 399 Å². The lowest BCUT2D eigenvalue weighted by Gasteiger charge is -2.30. The Balaban J connectivity index is 1.30. The summed E-state index contributed by atoms with van der Waals surface area (Å²) in [5, 5.41) is 11.5. The highest BCUT2D eigenvalue weighted by atomic mass is 28.3. The van der Waals surface area contributed by atoms with Crippen LogP contribution in [0.1, 0.15) is 65.2 Å². The molecule has 3 aromatic rings. The Hall–Kier alpha value is -5.69. The number of anilines is 3. The molecule has 17 heteroatoms. The molecule has 0 aromatic heterocycles. The minimum atomic E-state index is -1.93. The van der Waals surface area contributed by atoms with Crippen LogP contribution in [-0.2, 0) is 47.2 Å². The molecular formula is C50H73N7O8Si2. The second-order valence-corrected chi connectivity index (χ2v) is 31.5. The summed E-state index contributed by atoms with van der Waals surface area (Å²) in [7, 11) is -1.35. The van der Waals surface area contributed by atoms with Crippen molar-refractivity contribution in [2.24, 2.45) is 11.8 Å². The monoisotopic (exact) mass is 956 g/mol. The molecule has 0 bridgehead atoms. The van der Waals surface area contributed by atoms with E-state index in [1.165, 1.54) is 19.8 Å². The largest absolute Gasteiger partial charge is 0.453 e. The van der Waals surface area contributed by atoms with Crippen molar-refractivity contribution < 1.29 is 38.2 Å². The molecule has 0 radical (unpaired) electrons. The fraction of sp³-hybridized carbons (Fsp3) is 0.520. The second kappa shape index (κ2) is 21.5. The van der Waals surface area contributed by atoms with Crippen LogP contribution in [0.3, 0.4) is 0 Å². The van der Waals surface area contributed by atoms with E-state index in [-0.39, 0.29) is 40.9 Å². The zero-order valence-electron chi connectivity index (χ0n) is 41.7. The van der Waals surface area contributed by atoms with E-state index in [2.05, 4.69) is 97.4 Å². The molecule has 6 amide bonds. The third-order valence-corrected chi connectivity index (χ3v) is 18.1. The SMILES string of the molecule is COC(=O)N[C@H](C(=O)N1C[Si](C)(C)C[C@H]1C(=O)Nc1ccc(CN(Cc2ccc(NC(=O)[C@@H]3C[Si](C)(C)CN3C(=O)[C@@H](NC(=O)OC)C(C)C)cc2)c2ccc(C(C)(C)C)cc2)cc1)C(C)C. The van der Waals surface area contributed by atoms with Gasteiger partial charge in [-0.2, -0.15) is 0 Å². The van der Waals surface area contributed by atoms with Crippen molar-refractivity contribution >= 4 is 69.0 Å². The Morgan fingerprint density at radius 2 is 0.970 bits per heavy atom. The van der Waals surface area contributed by atoms with Gasteiger partial charge in [-0.3, -0.25) is 19.2 Å². The first-order chi connectivity index (χ1) is 31.3. The van der Waals surface area contributed by atoms with Gasteiger partial charge in [0.15, 0.2) is 0 Å². The van der Waals surface area contributed by atoms with E-state index >= 15 is 0 Å². The van der Waals surface area contributed by atoms with E-state index in [1.54, 1.807) is 9.80 Å². The minimum absolute atomic E-state index is 0.0163. The van der Waals surface area contributed by atoms with Crippen LogP contribution in [0.15, 0.2) is 72.8 Å². The summed E-state index contributed by atoms with van der Waals surface area (Å²) in [6.07, 6.45) is -0.355. The van der Waals surface area contributed by atoms with Crippen molar-refractivity contribution in [3.63, 3.8) is 0 Å². The molecular weight excluding hydrogens is 883 g/mol. The summed E-state index contributed by atoms with van der Waals surface area (Å²) in [5.41, 5.74) is 5.51. The van der Waals surface area contributed by atoms with E-state index in [1.807, 2.05) is 76.2 Å². The van der Waals surface area contributed by atoms with E-state index in [0.29, 0.717) is 48.9 Å². The predicted octanol–water partition coefficient (Wildman–Crippen LogP) is 7.75. The van der Waals surface area contributed by atoms with Gasteiger partial charge >= 0.3 is 12.2 Å². The van der Waals surface area contributed by atoms with Crippen LogP contribution < -0.4 is 26.2 Å². The maximum absolute atomic E-state index is 13.9. The fourth-order valence-corrected chi connectivity index (χ4v) is 14.7. The quantitative estimate of drug-likeness (QED) is 0.111. The summed E-state index contributed by atoms with van der Waals surface area (Å²) in [6, 6.07) is 22.4. The highest BCUT2D eigenvalue weighted by Gasteiger charge is 2.48. The molecule has 5 rings (SSSR count). The molecule has 3 aromatic carbocycles. The third-order valence-electron chi connectivity index (χ3n) is 12.7. The number of carbonyl (C=O) groups is 6. The zero-order chi connectivity index (χ0) is 49.6. The number of carbonyl (C=O) groups excluding carboxylic acids is 6. The van der Waals surface area contributed by atoms with Gasteiger partial charge in [0.2, 0.25) is 23.6 Å². The summed E-state index contributed by atoms with van der Waals surface area (Å²) in [4.78, 5) is 85.2.